The zero-order chi connectivity index (χ0) is 21.3. The first kappa shape index (κ1) is 22.9. The first-order valence-corrected chi connectivity index (χ1v) is 10.4. The second kappa shape index (κ2) is 11.0. The minimum absolute atomic E-state index is 0.113. The molecule has 2 rings (SSSR count). The summed E-state index contributed by atoms with van der Waals surface area (Å²) in [6, 6.07) is 6.53. The molecule has 0 spiro atoms. The number of amides is 1. The van der Waals surface area contributed by atoms with E-state index >= 15 is 0 Å². The van der Waals surface area contributed by atoms with Gasteiger partial charge in [0.2, 0.25) is 0 Å². The number of nitrogens with one attached hydrogen (secondary N) is 1. The lowest BCUT2D eigenvalue weighted by atomic mass is 10.1. The first-order valence-electron chi connectivity index (χ1n) is 10.4. The van der Waals surface area contributed by atoms with Gasteiger partial charge in [0.25, 0.3) is 5.69 Å². The number of piperazine rings is 1. The molecule has 0 unspecified atom stereocenters. The Balaban J connectivity index is 1.50. The van der Waals surface area contributed by atoms with Crippen LogP contribution < -0.4 is 5.32 Å². The number of nitro groups is 1. The Kier molecular flexibility index (Phi) is 8.70. The van der Waals surface area contributed by atoms with E-state index in [1.807, 2.05) is 20.8 Å². The summed E-state index contributed by atoms with van der Waals surface area (Å²) < 4.78 is 5.43. The van der Waals surface area contributed by atoms with Crippen LogP contribution in [-0.4, -0.2) is 65.7 Å². The lowest BCUT2D eigenvalue weighted by Crippen LogP contribution is -2.50. The molecule has 8 nitrogen and oxygen atoms in total. The molecule has 1 fully saturated rings. The normalized spacial score (nSPS) is 15.2. The third-order valence-corrected chi connectivity index (χ3v) is 4.83. The molecule has 1 heterocycles. The summed E-state index contributed by atoms with van der Waals surface area (Å²) in [7, 11) is 0. The van der Waals surface area contributed by atoms with E-state index in [0.29, 0.717) is 0 Å². The van der Waals surface area contributed by atoms with Crippen LogP contribution in [0.2, 0.25) is 0 Å². The van der Waals surface area contributed by atoms with Crippen LogP contribution in [0.4, 0.5) is 16.2 Å². The predicted octanol–water partition coefficient (Wildman–Crippen LogP) is 4.12. The van der Waals surface area contributed by atoms with Crippen molar-refractivity contribution in [2.45, 2.75) is 52.1 Å². The summed E-state index contributed by atoms with van der Waals surface area (Å²) in [5.41, 5.74) is 0.586. The van der Waals surface area contributed by atoms with Gasteiger partial charge in [-0.05, 0) is 52.3 Å². The predicted molar refractivity (Wildman–Crippen MR) is 114 cm³/mol. The lowest BCUT2D eigenvalue weighted by molar-refractivity contribution is -0.384. The number of hydrogen-bond acceptors (Lipinski definition) is 6. The van der Waals surface area contributed by atoms with E-state index < -0.39 is 5.60 Å². The van der Waals surface area contributed by atoms with Gasteiger partial charge in [0.1, 0.15) is 5.60 Å². The molecular weight excluding hydrogens is 372 g/mol. The van der Waals surface area contributed by atoms with Gasteiger partial charge >= 0.3 is 6.09 Å². The third kappa shape index (κ3) is 8.68. The fourth-order valence-corrected chi connectivity index (χ4v) is 3.23. The molecule has 0 saturated carbocycles. The molecule has 1 aromatic carbocycles. The molecule has 0 aliphatic carbocycles. The van der Waals surface area contributed by atoms with Gasteiger partial charge in [0, 0.05) is 50.5 Å². The number of nitrogens with zero attached hydrogens (tertiary/aromatic N) is 3. The maximum atomic E-state index is 12.1. The smallest absolute Gasteiger partial charge is 0.410 e. The summed E-state index contributed by atoms with van der Waals surface area (Å²) >= 11 is 0. The second-order valence-electron chi connectivity index (χ2n) is 8.45. The van der Waals surface area contributed by atoms with Crippen molar-refractivity contribution in [1.82, 2.24) is 9.80 Å². The van der Waals surface area contributed by atoms with Gasteiger partial charge in [0.05, 0.1) is 4.92 Å². The van der Waals surface area contributed by atoms with Crippen LogP contribution in [0.5, 0.6) is 0 Å². The number of benzene rings is 1. The fraction of sp³-hybridized carbons (Fsp3) is 0.667. The minimum atomic E-state index is -0.443. The Morgan fingerprint density at radius 3 is 2.28 bits per heavy atom. The number of nitro benzene ring substituents is 1. The summed E-state index contributed by atoms with van der Waals surface area (Å²) in [4.78, 5) is 26.5. The van der Waals surface area contributed by atoms with Gasteiger partial charge < -0.3 is 15.0 Å². The number of carbonyl (C=O) groups is 1. The zero-order valence-corrected chi connectivity index (χ0v) is 17.9. The van der Waals surface area contributed by atoms with Crippen molar-refractivity contribution in [2.75, 3.05) is 44.6 Å². The van der Waals surface area contributed by atoms with Crippen molar-refractivity contribution >= 4 is 17.5 Å². The average molecular weight is 407 g/mol. The number of hydrogen-bond donors (Lipinski definition) is 1. The average Bonchev–Trinajstić information content (AvgIpc) is 2.66. The van der Waals surface area contributed by atoms with Gasteiger partial charge in [-0.25, -0.2) is 4.79 Å². The first-order chi connectivity index (χ1) is 13.7. The Morgan fingerprint density at radius 2 is 1.69 bits per heavy atom. The van der Waals surface area contributed by atoms with Crippen molar-refractivity contribution in [3.63, 3.8) is 0 Å². The highest BCUT2D eigenvalue weighted by Crippen LogP contribution is 2.16. The van der Waals surface area contributed by atoms with Gasteiger partial charge in [-0.2, -0.15) is 0 Å². The van der Waals surface area contributed by atoms with Gasteiger partial charge in [-0.1, -0.05) is 12.8 Å². The second-order valence-corrected chi connectivity index (χ2v) is 8.45. The highest BCUT2D eigenvalue weighted by molar-refractivity contribution is 5.68. The molecule has 1 amide bonds. The molecular formula is C21H34N4O4. The maximum absolute atomic E-state index is 12.1. The van der Waals surface area contributed by atoms with Crippen LogP contribution in [0, 0.1) is 10.1 Å². The van der Waals surface area contributed by atoms with E-state index in [-0.39, 0.29) is 16.7 Å². The van der Waals surface area contributed by atoms with Crippen molar-refractivity contribution < 1.29 is 14.5 Å². The number of rotatable bonds is 9. The number of ether oxygens (including phenoxy) is 1. The maximum Gasteiger partial charge on any atom is 0.410 e. The number of non-ortho nitro benzene ring substituents is 1. The number of anilines is 1. The molecule has 1 aromatic rings. The van der Waals surface area contributed by atoms with Crippen LogP contribution in [-0.2, 0) is 4.74 Å². The molecule has 0 radical (unpaired) electrons. The van der Waals surface area contributed by atoms with E-state index in [0.717, 1.165) is 64.2 Å². The molecule has 1 saturated heterocycles. The molecule has 1 N–H and O–H groups in total. The fourth-order valence-electron chi connectivity index (χ4n) is 3.23. The third-order valence-electron chi connectivity index (χ3n) is 4.83. The van der Waals surface area contributed by atoms with E-state index in [1.165, 1.54) is 18.6 Å². The van der Waals surface area contributed by atoms with Crippen LogP contribution in [0.15, 0.2) is 24.3 Å². The summed E-state index contributed by atoms with van der Waals surface area (Å²) in [6.07, 6.45) is 4.34. The van der Waals surface area contributed by atoms with Gasteiger partial charge in [0.15, 0.2) is 0 Å². The monoisotopic (exact) mass is 406 g/mol. The highest BCUT2D eigenvalue weighted by Gasteiger charge is 2.25. The van der Waals surface area contributed by atoms with Crippen LogP contribution >= 0.6 is 0 Å². The van der Waals surface area contributed by atoms with E-state index in [9.17, 15) is 14.9 Å². The molecule has 8 heteroatoms. The lowest BCUT2D eigenvalue weighted by Gasteiger charge is -2.35. The summed E-state index contributed by atoms with van der Waals surface area (Å²) in [5, 5.41) is 13.9. The highest BCUT2D eigenvalue weighted by atomic mass is 16.6. The Morgan fingerprint density at radius 1 is 1.07 bits per heavy atom. The van der Waals surface area contributed by atoms with Gasteiger partial charge in [-0.15, -0.1) is 0 Å². The molecule has 0 bridgehead atoms. The molecule has 1 aliphatic heterocycles. The number of carbonyl (C=O) groups excluding carboxylic acids is 1. The molecule has 0 aromatic heterocycles. The Bertz CT molecular complexity index is 650. The largest absolute Gasteiger partial charge is 0.444 e. The summed E-state index contributed by atoms with van der Waals surface area (Å²) in [5.74, 6) is 0. The number of unbranched alkanes of at least 4 members (excludes halogenated alkanes) is 3. The Labute approximate surface area is 173 Å². The standard InChI is InChI=1S/C21H34N4O4/c1-21(2,3)29-20(26)24-16-14-23(15-17-24)13-7-5-4-6-12-22-18-8-10-19(11-9-18)25(27)28/h8-11,22H,4-7,12-17H2,1-3H3. The molecule has 0 atom stereocenters. The Hall–Kier alpha value is -2.35. The van der Waals surface area contributed by atoms with Crippen molar-refractivity contribution in [2.24, 2.45) is 0 Å². The molecule has 1 aliphatic rings. The topological polar surface area (TPSA) is 88.0 Å². The van der Waals surface area contributed by atoms with Crippen molar-refractivity contribution in [3.05, 3.63) is 34.4 Å². The van der Waals surface area contributed by atoms with Crippen molar-refractivity contribution in [1.29, 1.82) is 0 Å². The van der Waals surface area contributed by atoms with E-state index in [1.54, 1.807) is 17.0 Å². The minimum Gasteiger partial charge on any atom is -0.444 e. The van der Waals surface area contributed by atoms with E-state index in [4.69, 9.17) is 4.74 Å². The van der Waals surface area contributed by atoms with Crippen molar-refractivity contribution in [3.8, 4) is 0 Å². The zero-order valence-electron chi connectivity index (χ0n) is 17.9. The van der Waals surface area contributed by atoms with Crippen LogP contribution in [0.25, 0.3) is 0 Å². The molecule has 29 heavy (non-hydrogen) atoms. The SMILES string of the molecule is CC(C)(C)OC(=O)N1CCN(CCCCCCNc2ccc([N+](=O)[O-])cc2)CC1. The van der Waals surface area contributed by atoms with Crippen LogP contribution in [0.3, 0.4) is 0 Å². The quantitative estimate of drug-likeness (QED) is 0.377. The van der Waals surface area contributed by atoms with Gasteiger partial charge in [-0.3, -0.25) is 15.0 Å². The van der Waals surface area contributed by atoms with E-state index in [2.05, 4.69) is 10.2 Å². The summed E-state index contributed by atoms with van der Waals surface area (Å²) in [6.45, 7) is 10.9. The van der Waals surface area contributed by atoms with Crippen LogP contribution in [0.1, 0.15) is 46.5 Å². The molecule has 162 valence electrons.